The number of methoxy groups -OCH3 is 1. The zero-order chi connectivity index (χ0) is 21.6. The summed E-state index contributed by atoms with van der Waals surface area (Å²) < 4.78 is 43.9. The quantitative estimate of drug-likeness (QED) is 0.695. The highest BCUT2D eigenvalue weighted by Crippen LogP contribution is 2.29. The predicted molar refractivity (Wildman–Crippen MR) is 109 cm³/mol. The van der Waals surface area contributed by atoms with Crippen molar-refractivity contribution < 1.29 is 22.7 Å². The summed E-state index contributed by atoms with van der Waals surface area (Å²) in [6, 6.07) is 13.2. The Morgan fingerprint density at radius 2 is 1.77 bits per heavy atom. The SMILES string of the molecule is COc1ccc(CCC(=O)N2CCCN(Cc3cccc(C(F)(F)F)c3)CC2)cc1. The molecule has 3 rings (SSSR count). The van der Waals surface area contributed by atoms with Crippen LogP contribution in [-0.2, 0) is 23.9 Å². The van der Waals surface area contributed by atoms with Crippen LogP contribution in [0.25, 0.3) is 0 Å². The van der Waals surface area contributed by atoms with Gasteiger partial charge in [-0.3, -0.25) is 9.69 Å². The van der Waals surface area contributed by atoms with Gasteiger partial charge in [-0.1, -0.05) is 30.3 Å². The number of alkyl halides is 3. The molecule has 1 aliphatic heterocycles. The van der Waals surface area contributed by atoms with Crippen molar-refractivity contribution in [2.75, 3.05) is 33.3 Å². The second kappa shape index (κ2) is 9.98. The topological polar surface area (TPSA) is 32.8 Å². The minimum Gasteiger partial charge on any atom is -0.497 e. The van der Waals surface area contributed by atoms with Crippen LogP contribution in [0.15, 0.2) is 48.5 Å². The lowest BCUT2D eigenvalue weighted by molar-refractivity contribution is -0.137. The molecule has 162 valence electrons. The summed E-state index contributed by atoms with van der Waals surface area (Å²) in [6.45, 7) is 3.15. The summed E-state index contributed by atoms with van der Waals surface area (Å²) in [6.07, 6.45) is -2.40. The Morgan fingerprint density at radius 3 is 2.47 bits per heavy atom. The van der Waals surface area contributed by atoms with Crippen LogP contribution in [0.3, 0.4) is 0 Å². The normalized spacial score (nSPS) is 15.7. The molecule has 0 aromatic heterocycles. The van der Waals surface area contributed by atoms with Gasteiger partial charge in [-0.2, -0.15) is 13.2 Å². The number of rotatable bonds is 6. The zero-order valence-electron chi connectivity index (χ0n) is 17.1. The number of halogens is 3. The molecule has 4 nitrogen and oxygen atoms in total. The molecule has 0 spiro atoms. The highest BCUT2D eigenvalue weighted by Gasteiger charge is 2.30. The van der Waals surface area contributed by atoms with Crippen molar-refractivity contribution in [3.63, 3.8) is 0 Å². The molecule has 0 N–H and O–H groups in total. The second-order valence-electron chi connectivity index (χ2n) is 7.56. The molecule has 0 saturated carbocycles. The molecule has 0 bridgehead atoms. The van der Waals surface area contributed by atoms with Crippen LogP contribution in [0.1, 0.15) is 29.5 Å². The first-order valence-electron chi connectivity index (χ1n) is 10.1. The van der Waals surface area contributed by atoms with Gasteiger partial charge in [0.2, 0.25) is 5.91 Å². The molecule has 0 atom stereocenters. The molecule has 0 radical (unpaired) electrons. The number of carbonyl (C=O) groups excluding carboxylic acids is 1. The first-order valence-corrected chi connectivity index (χ1v) is 10.1. The third-order valence-electron chi connectivity index (χ3n) is 5.39. The molecule has 1 heterocycles. The van der Waals surface area contributed by atoms with Gasteiger partial charge >= 0.3 is 6.18 Å². The first-order chi connectivity index (χ1) is 14.3. The van der Waals surface area contributed by atoms with Gasteiger partial charge < -0.3 is 9.64 Å². The fourth-order valence-corrected chi connectivity index (χ4v) is 3.68. The van der Waals surface area contributed by atoms with Crippen molar-refractivity contribution >= 4 is 5.91 Å². The Hall–Kier alpha value is -2.54. The van der Waals surface area contributed by atoms with Gasteiger partial charge in [0.1, 0.15) is 5.75 Å². The maximum Gasteiger partial charge on any atom is 0.416 e. The molecule has 0 unspecified atom stereocenters. The van der Waals surface area contributed by atoms with Crippen LogP contribution in [0, 0.1) is 0 Å². The number of aryl methyl sites for hydroxylation is 1. The molecular formula is C23H27F3N2O2. The van der Waals surface area contributed by atoms with E-state index in [-0.39, 0.29) is 5.91 Å². The number of ether oxygens (including phenoxy) is 1. The summed E-state index contributed by atoms with van der Waals surface area (Å²) in [5.74, 6) is 0.908. The summed E-state index contributed by atoms with van der Waals surface area (Å²) in [5.41, 5.74) is 1.11. The third kappa shape index (κ3) is 6.23. The van der Waals surface area contributed by atoms with E-state index >= 15 is 0 Å². The Bertz CT molecular complexity index is 837. The molecule has 30 heavy (non-hydrogen) atoms. The summed E-state index contributed by atoms with van der Waals surface area (Å²) in [5, 5.41) is 0. The number of nitrogens with zero attached hydrogens (tertiary/aromatic N) is 2. The van der Waals surface area contributed by atoms with Crippen molar-refractivity contribution in [3.8, 4) is 5.75 Å². The van der Waals surface area contributed by atoms with Gasteiger partial charge in [0.05, 0.1) is 12.7 Å². The lowest BCUT2D eigenvalue weighted by Crippen LogP contribution is -2.35. The largest absolute Gasteiger partial charge is 0.497 e. The van der Waals surface area contributed by atoms with Gasteiger partial charge in [0.15, 0.2) is 0 Å². The van der Waals surface area contributed by atoms with Gasteiger partial charge in [-0.05, 0) is 42.2 Å². The molecule has 1 aliphatic rings. The number of hydrogen-bond acceptors (Lipinski definition) is 3. The van der Waals surface area contributed by atoms with Crippen LogP contribution in [-0.4, -0.2) is 49.0 Å². The molecular weight excluding hydrogens is 393 g/mol. The monoisotopic (exact) mass is 420 g/mol. The van der Waals surface area contributed by atoms with Crippen molar-refractivity contribution in [1.82, 2.24) is 9.80 Å². The van der Waals surface area contributed by atoms with Crippen LogP contribution in [0.2, 0.25) is 0 Å². The smallest absolute Gasteiger partial charge is 0.416 e. The van der Waals surface area contributed by atoms with E-state index in [2.05, 4.69) is 4.90 Å². The van der Waals surface area contributed by atoms with Crippen molar-refractivity contribution in [2.24, 2.45) is 0 Å². The summed E-state index contributed by atoms with van der Waals surface area (Å²) in [7, 11) is 1.62. The van der Waals surface area contributed by atoms with Crippen molar-refractivity contribution in [1.29, 1.82) is 0 Å². The minimum absolute atomic E-state index is 0.117. The first kappa shape index (κ1) is 22.2. The fourth-order valence-electron chi connectivity index (χ4n) is 3.68. The number of hydrogen-bond donors (Lipinski definition) is 0. The van der Waals surface area contributed by atoms with E-state index in [4.69, 9.17) is 4.74 Å². The van der Waals surface area contributed by atoms with Crippen LogP contribution in [0.4, 0.5) is 13.2 Å². The zero-order valence-corrected chi connectivity index (χ0v) is 17.1. The predicted octanol–water partition coefficient (Wildman–Crippen LogP) is 4.38. The standard InChI is InChI=1S/C23H27F3N2O2/c1-30-21-9-6-18(7-10-21)8-11-22(29)28-13-3-12-27(14-15-28)17-19-4-2-5-20(16-19)23(24,25)26/h2,4-7,9-10,16H,3,8,11-15,17H2,1H3. The van der Waals surface area contributed by atoms with E-state index in [1.807, 2.05) is 29.2 Å². The minimum atomic E-state index is -4.33. The van der Waals surface area contributed by atoms with Crippen molar-refractivity contribution in [3.05, 3.63) is 65.2 Å². The maximum absolute atomic E-state index is 12.9. The molecule has 7 heteroatoms. The Kier molecular flexibility index (Phi) is 7.37. The van der Waals surface area contributed by atoms with Crippen LogP contribution in [0.5, 0.6) is 5.75 Å². The molecule has 2 aromatic rings. The van der Waals surface area contributed by atoms with E-state index < -0.39 is 11.7 Å². The van der Waals surface area contributed by atoms with E-state index in [1.54, 1.807) is 13.2 Å². The van der Waals surface area contributed by atoms with E-state index in [0.717, 1.165) is 30.3 Å². The van der Waals surface area contributed by atoms with Crippen LogP contribution < -0.4 is 4.74 Å². The number of benzene rings is 2. The fraction of sp³-hybridized carbons (Fsp3) is 0.435. The number of carbonyl (C=O) groups is 1. The molecule has 0 aliphatic carbocycles. The molecule has 1 saturated heterocycles. The maximum atomic E-state index is 12.9. The van der Waals surface area contributed by atoms with Gasteiger partial charge in [-0.15, -0.1) is 0 Å². The Labute approximate surface area is 175 Å². The van der Waals surface area contributed by atoms with Gasteiger partial charge in [0, 0.05) is 39.1 Å². The molecule has 2 aromatic carbocycles. The third-order valence-corrected chi connectivity index (χ3v) is 5.39. The van der Waals surface area contributed by atoms with Crippen LogP contribution >= 0.6 is 0 Å². The highest BCUT2D eigenvalue weighted by molar-refractivity contribution is 5.76. The molecule has 1 amide bonds. The Balaban J connectivity index is 1.50. The lowest BCUT2D eigenvalue weighted by Gasteiger charge is -2.22. The second-order valence-corrected chi connectivity index (χ2v) is 7.56. The van der Waals surface area contributed by atoms with E-state index in [1.165, 1.54) is 12.1 Å². The summed E-state index contributed by atoms with van der Waals surface area (Å²) >= 11 is 0. The van der Waals surface area contributed by atoms with E-state index in [0.29, 0.717) is 44.6 Å². The highest BCUT2D eigenvalue weighted by atomic mass is 19.4. The van der Waals surface area contributed by atoms with Gasteiger partial charge in [-0.25, -0.2) is 0 Å². The van der Waals surface area contributed by atoms with E-state index in [9.17, 15) is 18.0 Å². The Morgan fingerprint density at radius 1 is 1.00 bits per heavy atom. The number of amides is 1. The summed E-state index contributed by atoms with van der Waals surface area (Å²) in [4.78, 5) is 16.6. The van der Waals surface area contributed by atoms with Gasteiger partial charge in [0.25, 0.3) is 0 Å². The molecule has 1 fully saturated rings. The lowest BCUT2D eigenvalue weighted by atomic mass is 10.1. The average Bonchev–Trinajstić information content (AvgIpc) is 2.97. The average molecular weight is 420 g/mol. The van der Waals surface area contributed by atoms with Crippen molar-refractivity contribution in [2.45, 2.75) is 32.0 Å².